The number of phenolic OH excluding ortho intramolecular Hbond substituents is 2. The molecule has 2 heterocycles. The van der Waals surface area contributed by atoms with Crippen LogP contribution < -0.4 is 5.73 Å². The topological polar surface area (TPSA) is 97.2 Å². The number of anilines is 1. The Morgan fingerprint density at radius 1 is 1.10 bits per heavy atom. The summed E-state index contributed by atoms with van der Waals surface area (Å²) in [5.74, 6) is 1.48. The van der Waals surface area contributed by atoms with E-state index in [9.17, 15) is 10.2 Å². The summed E-state index contributed by atoms with van der Waals surface area (Å²) in [6.45, 7) is 6.84. The van der Waals surface area contributed by atoms with E-state index in [0.717, 1.165) is 41.5 Å². The molecule has 4 N–H and O–H groups in total. The number of nitrogens with zero attached hydrogens (tertiary/aromatic N) is 3. The summed E-state index contributed by atoms with van der Waals surface area (Å²) in [5.41, 5.74) is 10.6. The quantitative estimate of drug-likeness (QED) is 0.389. The van der Waals surface area contributed by atoms with Crippen molar-refractivity contribution in [2.45, 2.75) is 52.5 Å². The van der Waals surface area contributed by atoms with Crippen molar-refractivity contribution in [1.82, 2.24) is 14.5 Å². The Balaban J connectivity index is 1.99. The fraction of sp³-hybridized carbons (Fsp3) is 0.333. The number of nitrogens with two attached hydrogens (primary N) is 1. The summed E-state index contributed by atoms with van der Waals surface area (Å²) in [5, 5.41) is 21.3. The van der Waals surface area contributed by atoms with Crippen LogP contribution in [0, 0.1) is 0 Å². The maximum atomic E-state index is 10.4. The monoisotopic (exact) mass is 404 g/mol. The fourth-order valence-electron chi connectivity index (χ4n) is 3.91. The molecule has 4 aromatic rings. The average molecular weight is 405 g/mol. The average Bonchev–Trinajstić information content (AvgIpc) is 3.08. The van der Waals surface area contributed by atoms with Crippen molar-refractivity contribution in [2.24, 2.45) is 0 Å². The molecule has 156 valence electrons. The fourth-order valence-corrected chi connectivity index (χ4v) is 3.91. The molecule has 0 unspecified atom stereocenters. The van der Waals surface area contributed by atoms with E-state index in [0.29, 0.717) is 29.4 Å². The minimum Gasteiger partial charge on any atom is -0.504 e. The largest absolute Gasteiger partial charge is 0.504 e. The molecule has 0 aliphatic heterocycles. The highest BCUT2D eigenvalue weighted by Gasteiger charge is 2.19. The molecular weight excluding hydrogens is 376 g/mol. The molecule has 0 saturated heterocycles. The Kier molecular flexibility index (Phi) is 5.24. The van der Waals surface area contributed by atoms with Crippen molar-refractivity contribution < 1.29 is 10.2 Å². The van der Waals surface area contributed by atoms with Gasteiger partial charge in [-0.05, 0) is 30.0 Å². The van der Waals surface area contributed by atoms with Gasteiger partial charge in [0, 0.05) is 17.4 Å². The summed E-state index contributed by atoms with van der Waals surface area (Å²) in [6.07, 6.45) is 2.85. The van der Waals surface area contributed by atoms with Crippen LogP contribution in [0.1, 0.15) is 56.5 Å². The lowest BCUT2D eigenvalue weighted by atomic mass is 10.0. The molecule has 0 spiro atoms. The maximum absolute atomic E-state index is 10.4. The van der Waals surface area contributed by atoms with Gasteiger partial charge in [-0.25, -0.2) is 9.97 Å². The number of pyridine rings is 1. The number of phenols is 2. The SMILES string of the molecule is CCCCc1nc2c(N)nc3cc(C(C)C)ccc3c2n1Cc1cccc(O)c1O. The molecule has 0 radical (unpaired) electrons. The predicted octanol–water partition coefficient (Wildman–Crippen LogP) is 5.09. The van der Waals surface area contributed by atoms with Crippen LogP contribution in [0.2, 0.25) is 0 Å². The van der Waals surface area contributed by atoms with Gasteiger partial charge in [-0.1, -0.05) is 51.5 Å². The van der Waals surface area contributed by atoms with Crippen molar-refractivity contribution in [3.8, 4) is 11.5 Å². The van der Waals surface area contributed by atoms with E-state index >= 15 is 0 Å². The zero-order valence-corrected chi connectivity index (χ0v) is 17.7. The first-order valence-electron chi connectivity index (χ1n) is 10.5. The molecule has 30 heavy (non-hydrogen) atoms. The van der Waals surface area contributed by atoms with Crippen LogP contribution >= 0.6 is 0 Å². The van der Waals surface area contributed by atoms with Gasteiger partial charge >= 0.3 is 0 Å². The van der Waals surface area contributed by atoms with Gasteiger partial charge in [0.15, 0.2) is 17.3 Å². The third-order valence-corrected chi connectivity index (χ3v) is 5.65. The second-order valence-corrected chi connectivity index (χ2v) is 8.13. The van der Waals surface area contributed by atoms with E-state index in [1.807, 2.05) is 6.07 Å². The van der Waals surface area contributed by atoms with Crippen molar-refractivity contribution in [3.05, 3.63) is 53.3 Å². The number of rotatable bonds is 6. The first-order chi connectivity index (χ1) is 14.4. The van der Waals surface area contributed by atoms with E-state index < -0.39 is 0 Å². The predicted molar refractivity (Wildman–Crippen MR) is 121 cm³/mol. The van der Waals surface area contributed by atoms with Gasteiger partial charge < -0.3 is 20.5 Å². The summed E-state index contributed by atoms with van der Waals surface area (Å²) in [7, 11) is 0. The standard InChI is InChI=1S/C24H28N4O2/c1-4-5-9-20-27-21-22(28(20)13-16-7-6-8-19(29)23(16)30)17-11-10-15(14(2)3)12-18(17)26-24(21)25/h6-8,10-12,14,29-30H,4-5,9,13H2,1-3H3,(H2,25,26). The van der Waals surface area contributed by atoms with Gasteiger partial charge in [0.1, 0.15) is 11.3 Å². The number of benzene rings is 2. The maximum Gasteiger partial charge on any atom is 0.162 e. The number of para-hydroxylation sites is 1. The van der Waals surface area contributed by atoms with Gasteiger partial charge in [-0.15, -0.1) is 0 Å². The molecule has 4 rings (SSSR count). The lowest BCUT2D eigenvalue weighted by Gasteiger charge is -2.13. The number of unbranched alkanes of at least 4 members (excludes halogenated alkanes) is 1. The first kappa shape index (κ1) is 20.0. The number of hydrogen-bond acceptors (Lipinski definition) is 5. The molecule has 0 aliphatic rings. The summed E-state index contributed by atoms with van der Waals surface area (Å²) in [4.78, 5) is 9.47. The molecule has 0 saturated carbocycles. The zero-order chi connectivity index (χ0) is 21.4. The van der Waals surface area contributed by atoms with E-state index in [-0.39, 0.29) is 11.5 Å². The van der Waals surface area contributed by atoms with E-state index in [2.05, 4.69) is 48.5 Å². The van der Waals surface area contributed by atoms with Crippen LogP contribution in [-0.4, -0.2) is 24.7 Å². The van der Waals surface area contributed by atoms with Crippen LogP contribution in [0.25, 0.3) is 21.9 Å². The Morgan fingerprint density at radius 2 is 1.90 bits per heavy atom. The highest BCUT2D eigenvalue weighted by Crippen LogP contribution is 2.34. The minimum absolute atomic E-state index is 0.103. The molecule has 0 bridgehead atoms. The van der Waals surface area contributed by atoms with Crippen molar-refractivity contribution in [2.75, 3.05) is 5.73 Å². The Labute approximate surface area is 176 Å². The normalized spacial score (nSPS) is 11.7. The molecule has 6 nitrogen and oxygen atoms in total. The Hall–Kier alpha value is -3.28. The second-order valence-electron chi connectivity index (χ2n) is 8.13. The first-order valence-corrected chi connectivity index (χ1v) is 10.5. The van der Waals surface area contributed by atoms with Crippen LogP contribution in [-0.2, 0) is 13.0 Å². The molecule has 0 aliphatic carbocycles. The number of aromatic nitrogens is 3. The second kappa shape index (κ2) is 7.86. The number of nitrogen functional groups attached to an aromatic ring is 1. The van der Waals surface area contributed by atoms with Gasteiger partial charge in [-0.3, -0.25) is 0 Å². The van der Waals surface area contributed by atoms with Crippen LogP contribution in [0.3, 0.4) is 0 Å². The van der Waals surface area contributed by atoms with Crippen molar-refractivity contribution in [1.29, 1.82) is 0 Å². The smallest absolute Gasteiger partial charge is 0.162 e. The van der Waals surface area contributed by atoms with E-state index in [1.54, 1.807) is 6.07 Å². The third-order valence-electron chi connectivity index (χ3n) is 5.65. The third kappa shape index (κ3) is 3.43. The van der Waals surface area contributed by atoms with Crippen LogP contribution in [0.4, 0.5) is 5.82 Å². The number of aryl methyl sites for hydroxylation is 1. The molecule has 0 amide bonds. The summed E-state index contributed by atoms with van der Waals surface area (Å²) >= 11 is 0. The van der Waals surface area contributed by atoms with Gasteiger partial charge in [0.05, 0.1) is 17.6 Å². The number of aromatic hydroxyl groups is 2. The van der Waals surface area contributed by atoms with Crippen LogP contribution in [0.15, 0.2) is 36.4 Å². The summed E-state index contributed by atoms with van der Waals surface area (Å²) < 4.78 is 2.11. The van der Waals surface area contributed by atoms with Crippen LogP contribution in [0.5, 0.6) is 11.5 Å². The molecule has 2 aromatic heterocycles. The summed E-state index contributed by atoms with van der Waals surface area (Å²) in [6, 6.07) is 11.3. The van der Waals surface area contributed by atoms with Crippen molar-refractivity contribution in [3.63, 3.8) is 0 Å². The van der Waals surface area contributed by atoms with E-state index in [1.165, 1.54) is 11.6 Å². The lowest BCUT2D eigenvalue weighted by Crippen LogP contribution is -2.06. The molecule has 0 fully saturated rings. The minimum atomic E-state index is -0.125. The Morgan fingerprint density at radius 3 is 2.63 bits per heavy atom. The highest BCUT2D eigenvalue weighted by atomic mass is 16.3. The Bertz CT molecular complexity index is 1230. The molecule has 0 atom stereocenters. The van der Waals surface area contributed by atoms with Gasteiger partial charge in [0.2, 0.25) is 0 Å². The lowest BCUT2D eigenvalue weighted by molar-refractivity contribution is 0.398. The molecule has 6 heteroatoms. The number of hydrogen-bond donors (Lipinski definition) is 3. The van der Waals surface area contributed by atoms with E-state index in [4.69, 9.17) is 10.7 Å². The highest BCUT2D eigenvalue weighted by molar-refractivity contribution is 6.06. The number of imidazole rings is 1. The number of fused-ring (bicyclic) bond motifs is 3. The molecule has 2 aromatic carbocycles. The van der Waals surface area contributed by atoms with Gasteiger partial charge in [-0.2, -0.15) is 0 Å². The van der Waals surface area contributed by atoms with Gasteiger partial charge in [0.25, 0.3) is 0 Å². The zero-order valence-electron chi connectivity index (χ0n) is 17.7. The van der Waals surface area contributed by atoms with Crippen molar-refractivity contribution >= 4 is 27.8 Å². The molecular formula is C24H28N4O2.